The summed E-state index contributed by atoms with van der Waals surface area (Å²) in [6.45, 7) is -2.26. The van der Waals surface area contributed by atoms with Crippen molar-refractivity contribution in [2.45, 2.75) is 49.1 Å². The molecule has 11 N–H and O–H groups in total. The Kier molecular flexibility index (Phi) is 12.3. The van der Waals surface area contributed by atoms with Crippen LogP contribution < -0.4 is 11.1 Å². The molecule has 0 radical (unpaired) electrons. The second-order valence-electron chi connectivity index (χ2n) is 11.4. The fourth-order valence-electron chi connectivity index (χ4n) is 5.35. The molecule has 2 saturated heterocycles. The first-order chi connectivity index (χ1) is 26.4. The van der Waals surface area contributed by atoms with E-state index in [0.717, 1.165) is 34.4 Å². The lowest BCUT2D eigenvalue weighted by atomic mass is 10.1. The third-order valence-electron chi connectivity index (χ3n) is 7.59. The molecule has 0 aliphatic carbocycles. The summed E-state index contributed by atoms with van der Waals surface area (Å²) in [5.41, 5.74) is -2.08. The Labute approximate surface area is 312 Å². The predicted octanol–water partition coefficient (Wildman–Crippen LogP) is -2.91. The molecular formula is C20H27N8O24P5. The van der Waals surface area contributed by atoms with Crippen molar-refractivity contribution in [2.75, 3.05) is 13.2 Å². The largest absolute Gasteiger partial charge is 0.490 e. The minimum absolute atomic E-state index is 0.112. The number of imidazole rings is 2. The van der Waals surface area contributed by atoms with Gasteiger partial charge in [-0.2, -0.15) is 17.2 Å². The molecule has 2 aliphatic rings. The normalized spacial score (nSPS) is 30.8. The van der Waals surface area contributed by atoms with Crippen LogP contribution in [-0.4, -0.2) is 134 Å². The number of aliphatic hydroxyl groups is 4. The highest BCUT2D eigenvalue weighted by Gasteiger charge is 2.53. The van der Waals surface area contributed by atoms with Gasteiger partial charge >= 0.3 is 39.1 Å². The Bertz CT molecular complexity index is 2510. The SMILES string of the molecule is O=c1[nH]cnc2c1ncn2[C@@H]1O[C@H](COP(=O)(O)OP(=O)(O)OP(=O)(O)OP(=O)(O)OP(=O)(O)O[C@H]2[C@@H](O)[C@H](n3cnc4c(=O)[nH]cnc43)O[C@@H]2CO)[C@@H](O)[C@H]1O. The first-order valence-electron chi connectivity index (χ1n) is 15.0. The van der Waals surface area contributed by atoms with Crippen LogP contribution in [0, 0.1) is 0 Å². The maximum atomic E-state index is 12.7. The molecule has 0 bridgehead atoms. The van der Waals surface area contributed by atoms with Gasteiger partial charge in [-0.15, -0.1) is 0 Å². The minimum atomic E-state index is -6.51. The number of phosphoric ester groups is 2. The van der Waals surface area contributed by atoms with Gasteiger partial charge < -0.3 is 64.3 Å². The summed E-state index contributed by atoms with van der Waals surface area (Å²) in [5, 5.41) is 41.3. The maximum Gasteiger partial charge on any atom is 0.490 e. The first kappa shape index (κ1) is 43.7. The number of hydrogen-bond donors (Lipinski definition) is 11. The van der Waals surface area contributed by atoms with E-state index in [4.69, 9.17) is 9.47 Å². The highest BCUT2D eigenvalue weighted by molar-refractivity contribution is 7.71. The van der Waals surface area contributed by atoms with Crippen LogP contribution in [0.1, 0.15) is 12.5 Å². The molecule has 2 aliphatic heterocycles. The third kappa shape index (κ3) is 9.64. The summed E-state index contributed by atoms with van der Waals surface area (Å²) in [6, 6.07) is 0. The van der Waals surface area contributed by atoms with Gasteiger partial charge in [0.05, 0.1) is 38.5 Å². The first-order valence-corrected chi connectivity index (χ1v) is 22.5. The molecule has 32 nitrogen and oxygen atoms in total. The predicted molar refractivity (Wildman–Crippen MR) is 174 cm³/mol. The number of H-pyrrole nitrogens is 2. The quantitative estimate of drug-likeness (QED) is 0.0502. The minimum Gasteiger partial charge on any atom is -0.394 e. The Hall–Kier alpha value is -2.83. The number of phosphoric acid groups is 5. The second-order valence-corrected chi connectivity index (χ2v) is 19.2. The Balaban J connectivity index is 1.04. The molecule has 2 fully saturated rings. The van der Waals surface area contributed by atoms with E-state index < -0.39 is 113 Å². The number of ether oxygens (including phenoxy) is 2. The molecule has 6 heterocycles. The fourth-order valence-corrected chi connectivity index (χ4v) is 11.9. The highest BCUT2D eigenvalue weighted by Crippen LogP contribution is 2.74. The van der Waals surface area contributed by atoms with E-state index in [0.29, 0.717) is 0 Å². The smallest absolute Gasteiger partial charge is 0.394 e. The average molecular weight is 918 g/mol. The highest BCUT2D eigenvalue weighted by atomic mass is 31.3. The molecular weight excluding hydrogens is 891 g/mol. The monoisotopic (exact) mass is 918 g/mol. The zero-order valence-corrected chi connectivity index (χ0v) is 31.9. The van der Waals surface area contributed by atoms with Gasteiger partial charge in [0, 0.05) is 0 Å². The van der Waals surface area contributed by atoms with Crippen LogP contribution in [0.25, 0.3) is 22.3 Å². The molecule has 4 aromatic rings. The van der Waals surface area contributed by atoms with Crippen molar-refractivity contribution in [3.63, 3.8) is 0 Å². The molecule has 37 heteroatoms. The Morgan fingerprint density at radius 1 is 0.632 bits per heavy atom. The summed E-state index contributed by atoms with van der Waals surface area (Å²) in [6.07, 6.45) is -10.5. The van der Waals surface area contributed by atoms with Crippen LogP contribution in [0.15, 0.2) is 34.9 Å². The average Bonchev–Trinajstić information content (AvgIpc) is 3.83. The molecule has 0 amide bonds. The molecule has 0 aromatic carbocycles. The summed E-state index contributed by atoms with van der Waals surface area (Å²) in [7, 11) is -31.3. The lowest BCUT2D eigenvalue weighted by molar-refractivity contribution is -0.0509. The van der Waals surface area contributed by atoms with E-state index in [9.17, 15) is 77.3 Å². The van der Waals surface area contributed by atoms with E-state index in [1.54, 1.807) is 0 Å². The molecule has 0 spiro atoms. The number of aromatic nitrogens is 8. The number of aromatic amines is 2. The van der Waals surface area contributed by atoms with E-state index in [1.807, 2.05) is 0 Å². The molecule has 13 atom stereocenters. The van der Waals surface area contributed by atoms with E-state index in [2.05, 4.69) is 56.2 Å². The van der Waals surface area contributed by atoms with Crippen molar-refractivity contribution in [3.8, 4) is 0 Å². The summed E-state index contributed by atoms with van der Waals surface area (Å²) in [4.78, 5) is 93.4. The van der Waals surface area contributed by atoms with Crippen molar-refractivity contribution in [1.82, 2.24) is 39.0 Å². The maximum absolute atomic E-state index is 12.7. The van der Waals surface area contributed by atoms with Gasteiger partial charge in [0.15, 0.2) is 34.8 Å². The van der Waals surface area contributed by atoms with Crippen molar-refractivity contribution in [3.05, 3.63) is 46.0 Å². The van der Waals surface area contributed by atoms with Crippen molar-refractivity contribution >= 4 is 61.4 Å². The van der Waals surface area contributed by atoms with Gasteiger partial charge in [0.2, 0.25) is 0 Å². The molecule has 5 unspecified atom stereocenters. The third-order valence-corrected chi connectivity index (χ3v) is 15.2. The fraction of sp³-hybridized carbons (Fsp3) is 0.500. The van der Waals surface area contributed by atoms with Crippen LogP contribution in [0.2, 0.25) is 0 Å². The van der Waals surface area contributed by atoms with Gasteiger partial charge in [0.25, 0.3) is 11.1 Å². The number of aliphatic hydroxyl groups excluding tert-OH is 4. The van der Waals surface area contributed by atoms with Crippen LogP contribution in [0.5, 0.6) is 0 Å². The van der Waals surface area contributed by atoms with Crippen LogP contribution in [0.3, 0.4) is 0 Å². The molecule has 4 aromatic heterocycles. The number of rotatable bonds is 16. The van der Waals surface area contributed by atoms with Crippen molar-refractivity contribution < 1.29 is 103 Å². The summed E-state index contributed by atoms with van der Waals surface area (Å²) in [5.74, 6) is 0. The van der Waals surface area contributed by atoms with Crippen molar-refractivity contribution in [1.29, 1.82) is 0 Å². The summed E-state index contributed by atoms with van der Waals surface area (Å²) < 4.78 is 99.1. The lowest BCUT2D eigenvalue weighted by Crippen LogP contribution is -2.35. The molecule has 316 valence electrons. The van der Waals surface area contributed by atoms with Gasteiger partial charge in [-0.1, -0.05) is 0 Å². The van der Waals surface area contributed by atoms with Gasteiger partial charge in [-0.25, -0.2) is 42.8 Å². The van der Waals surface area contributed by atoms with Gasteiger partial charge in [-0.3, -0.25) is 27.8 Å². The van der Waals surface area contributed by atoms with Crippen LogP contribution in [0.4, 0.5) is 0 Å². The Morgan fingerprint density at radius 2 is 1.07 bits per heavy atom. The Morgan fingerprint density at radius 3 is 1.56 bits per heavy atom. The second kappa shape index (κ2) is 16.0. The van der Waals surface area contributed by atoms with Crippen molar-refractivity contribution in [2.24, 2.45) is 0 Å². The summed E-state index contributed by atoms with van der Waals surface area (Å²) >= 11 is 0. The van der Waals surface area contributed by atoms with Crippen LogP contribution >= 0.6 is 39.1 Å². The van der Waals surface area contributed by atoms with E-state index >= 15 is 0 Å². The molecule has 57 heavy (non-hydrogen) atoms. The number of nitrogens with zero attached hydrogens (tertiary/aromatic N) is 6. The van der Waals surface area contributed by atoms with E-state index in [-0.39, 0.29) is 22.3 Å². The molecule has 0 saturated carbocycles. The van der Waals surface area contributed by atoms with Gasteiger partial charge in [0.1, 0.15) is 36.6 Å². The van der Waals surface area contributed by atoms with E-state index in [1.165, 1.54) is 0 Å². The zero-order valence-electron chi connectivity index (χ0n) is 27.4. The number of hydrogen-bond acceptors (Lipinski definition) is 23. The zero-order chi connectivity index (χ0) is 41.9. The molecule has 6 rings (SSSR count). The topological polar surface area (TPSA) is 468 Å². The number of nitrogens with one attached hydrogen (secondary N) is 2. The standard InChI is InChI=1S/C20H27N8O24P5/c29-1-7-14(13(32)20(46-7)28-6-26-10-16(28)22-4-24-18(10)34)48-54(37,38)50-56(41,42)52-57(43,44)51-55(39,40)49-53(35,36)45-2-8-11(30)12(31)19(47-8)27-5-25-9-15(27)21-3-23-17(9)33/h3-8,11-14,19-20,29-32H,1-2H2,(H,35,36)(H,37,38)(H,39,40)(H,41,42)(H,43,44)(H,21,23,33)(H,22,24,34)/t7-,8-,11-,12-,13-,14-,19-,20-/m1/s1. The van der Waals surface area contributed by atoms with Crippen LogP contribution in [-0.2, 0) is 58.6 Å². The number of fused-ring (bicyclic) bond motifs is 2. The lowest BCUT2D eigenvalue weighted by Gasteiger charge is -2.24. The van der Waals surface area contributed by atoms with Gasteiger partial charge in [-0.05, 0) is 0 Å².